The number of nitrogens with one attached hydrogen (secondary N) is 2. The normalized spacial score (nSPS) is 14.1. The fourth-order valence-electron chi connectivity index (χ4n) is 3.70. The van der Waals surface area contributed by atoms with E-state index in [1.165, 1.54) is 9.80 Å². The molecule has 31 heavy (non-hydrogen) atoms. The van der Waals surface area contributed by atoms with Gasteiger partial charge >= 0.3 is 11.8 Å². The first-order valence-corrected chi connectivity index (χ1v) is 10.1. The first-order valence-electron chi connectivity index (χ1n) is 10.1. The van der Waals surface area contributed by atoms with Crippen molar-refractivity contribution in [2.45, 2.75) is 13.5 Å². The lowest BCUT2D eigenvalue weighted by atomic mass is 10.1. The van der Waals surface area contributed by atoms with Crippen molar-refractivity contribution < 1.29 is 14.3 Å². The highest BCUT2D eigenvalue weighted by Crippen LogP contribution is 2.24. The monoisotopic (exact) mass is 425 g/mol. The molecule has 4 rings (SSSR count). The van der Waals surface area contributed by atoms with Crippen LogP contribution in [0.2, 0.25) is 0 Å². The van der Waals surface area contributed by atoms with Crippen molar-refractivity contribution >= 4 is 23.0 Å². The van der Waals surface area contributed by atoms with Crippen LogP contribution in [0, 0.1) is 0 Å². The van der Waals surface area contributed by atoms with Crippen molar-refractivity contribution in [1.29, 1.82) is 0 Å². The zero-order valence-electron chi connectivity index (χ0n) is 17.1. The largest absolute Gasteiger partial charge is 0.450 e. The molecule has 1 saturated heterocycles. The predicted octanol–water partition coefficient (Wildman–Crippen LogP) is 0.986. The molecule has 0 bridgehead atoms. The molecule has 10 nitrogen and oxygen atoms in total. The molecule has 1 aromatic carbocycles. The Hall–Kier alpha value is -3.82. The molecule has 1 aliphatic rings. The Morgan fingerprint density at radius 2 is 1.68 bits per heavy atom. The number of nitrogens with zero attached hydrogens (tertiary/aromatic N) is 3. The molecule has 3 heterocycles. The number of piperazine rings is 1. The average molecular weight is 425 g/mol. The van der Waals surface area contributed by atoms with E-state index in [9.17, 15) is 19.2 Å². The van der Waals surface area contributed by atoms with Gasteiger partial charge in [-0.05, 0) is 12.5 Å². The number of aromatic amines is 2. The SMILES string of the molecule is CCOC(=O)N1CCN(C(=O)Cn2c(=O)[nH]c3c(-c4ccccc4)c[nH]c3c2=O)CC1. The van der Waals surface area contributed by atoms with Crippen LogP contribution in [0.25, 0.3) is 22.2 Å². The number of hydrogen-bond acceptors (Lipinski definition) is 5. The van der Waals surface area contributed by atoms with E-state index in [-0.39, 0.29) is 24.6 Å². The van der Waals surface area contributed by atoms with Crippen LogP contribution in [-0.4, -0.2) is 69.1 Å². The Balaban J connectivity index is 1.53. The van der Waals surface area contributed by atoms with E-state index in [4.69, 9.17) is 4.74 Å². The molecular weight excluding hydrogens is 402 g/mol. The molecule has 2 amide bonds. The third-order valence-corrected chi connectivity index (χ3v) is 5.35. The summed E-state index contributed by atoms with van der Waals surface area (Å²) >= 11 is 0. The zero-order chi connectivity index (χ0) is 22.0. The first kappa shape index (κ1) is 20.5. The van der Waals surface area contributed by atoms with Crippen LogP contribution in [0.1, 0.15) is 6.92 Å². The Labute approximate surface area is 177 Å². The fourth-order valence-corrected chi connectivity index (χ4v) is 3.70. The second kappa shape index (κ2) is 8.50. The van der Waals surface area contributed by atoms with E-state index in [2.05, 4.69) is 9.97 Å². The highest BCUT2D eigenvalue weighted by atomic mass is 16.6. The highest BCUT2D eigenvalue weighted by molar-refractivity contribution is 5.91. The summed E-state index contributed by atoms with van der Waals surface area (Å²) in [6.45, 7) is 2.95. The van der Waals surface area contributed by atoms with Crippen LogP contribution in [0.4, 0.5) is 4.79 Å². The van der Waals surface area contributed by atoms with Gasteiger partial charge in [-0.3, -0.25) is 9.59 Å². The molecule has 0 atom stereocenters. The molecule has 2 N–H and O–H groups in total. The number of amides is 2. The van der Waals surface area contributed by atoms with Gasteiger partial charge in [-0.2, -0.15) is 0 Å². The molecule has 1 aliphatic heterocycles. The van der Waals surface area contributed by atoms with Crippen LogP contribution < -0.4 is 11.2 Å². The number of ether oxygens (including phenoxy) is 1. The van der Waals surface area contributed by atoms with Crippen LogP contribution in [-0.2, 0) is 16.1 Å². The Morgan fingerprint density at radius 3 is 2.35 bits per heavy atom. The summed E-state index contributed by atoms with van der Waals surface area (Å²) in [5, 5.41) is 0. The molecule has 0 radical (unpaired) electrons. The van der Waals surface area contributed by atoms with E-state index in [1.54, 1.807) is 13.1 Å². The summed E-state index contributed by atoms with van der Waals surface area (Å²) in [4.78, 5) is 58.7. The molecular formula is C21H23N5O5. The van der Waals surface area contributed by atoms with Gasteiger partial charge in [0.15, 0.2) is 0 Å². The lowest BCUT2D eigenvalue weighted by Gasteiger charge is -2.34. The number of fused-ring (bicyclic) bond motifs is 1. The number of carbonyl (C=O) groups is 2. The molecule has 0 spiro atoms. The quantitative estimate of drug-likeness (QED) is 0.646. The van der Waals surface area contributed by atoms with Crippen molar-refractivity contribution in [1.82, 2.24) is 24.3 Å². The second-order valence-electron chi connectivity index (χ2n) is 7.21. The van der Waals surface area contributed by atoms with Gasteiger partial charge in [0.25, 0.3) is 5.56 Å². The number of carbonyl (C=O) groups excluding carboxylic acids is 2. The van der Waals surface area contributed by atoms with Gasteiger partial charge in [0, 0.05) is 37.9 Å². The van der Waals surface area contributed by atoms with Crippen molar-refractivity contribution in [2.24, 2.45) is 0 Å². The molecule has 1 fully saturated rings. The predicted molar refractivity (Wildman–Crippen MR) is 114 cm³/mol. The molecule has 3 aromatic rings. The van der Waals surface area contributed by atoms with Gasteiger partial charge < -0.3 is 24.5 Å². The van der Waals surface area contributed by atoms with E-state index < -0.39 is 17.3 Å². The maximum Gasteiger partial charge on any atom is 0.409 e. The van der Waals surface area contributed by atoms with E-state index in [0.717, 1.165) is 10.1 Å². The van der Waals surface area contributed by atoms with Gasteiger partial charge in [0.05, 0.1) is 12.1 Å². The second-order valence-corrected chi connectivity index (χ2v) is 7.21. The van der Waals surface area contributed by atoms with Crippen molar-refractivity contribution in [3.63, 3.8) is 0 Å². The van der Waals surface area contributed by atoms with Gasteiger partial charge in [-0.25, -0.2) is 14.2 Å². The summed E-state index contributed by atoms with van der Waals surface area (Å²) in [5.41, 5.74) is 1.01. The Kier molecular flexibility index (Phi) is 5.61. The lowest BCUT2D eigenvalue weighted by molar-refractivity contribution is -0.133. The van der Waals surface area contributed by atoms with Gasteiger partial charge in [0.1, 0.15) is 12.1 Å². The van der Waals surface area contributed by atoms with Crippen LogP contribution in [0.3, 0.4) is 0 Å². The molecule has 2 aromatic heterocycles. The van der Waals surface area contributed by atoms with Crippen molar-refractivity contribution in [2.75, 3.05) is 32.8 Å². The third kappa shape index (κ3) is 3.96. The number of hydrogen-bond donors (Lipinski definition) is 2. The van der Waals surface area contributed by atoms with E-state index in [1.807, 2.05) is 30.3 Å². The smallest absolute Gasteiger partial charge is 0.409 e. The molecule has 0 aliphatic carbocycles. The van der Waals surface area contributed by atoms with Gasteiger partial charge in [-0.1, -0.05) is 30.3 Å². The minimum atomic E-state index is -0.646. The Morgan fingerprint density at radius 1 is 1.00 bits per heavy atom. The first-order chi connectivity index (χ1) is 15.0. The van der Waals surface area contributed by atoms with Crippen LogP contribution in [0.15, 0.2) is 46.1 Å². The summed E-state index contributed by atoms with van der Waals surface area (Å²) < 4.78 is 5.86. The zero-order valence-corrected chi connectivity index (χ0v) is 17.1. The van der Waals surface area contributed by atoms with Gasteiger partial charge in [0.2, 0.25) is 5.91 Å². The molecule has 0 unspecified atom stereocenters. The highest BCUT2D eigenvalue weighted by Gasteiger charge is 2.26. The van der Waals surface area contributed by atoms with Crippen molar-refractivity contribution in [3.8, 4) is 11.1 Å². The third-order valence-electron chi connectivity index (χ3n) is 5.35. The van der Waals surface area contributed by atoms with Crippen LogP contribution >= 0.6 is 0 Å². The maximum atomic E-state index is 12.9. The number of rotatable bonds is 4. The Bertz CT molecular complexity index is 1220. The summed E-state index contributed by atoms with van der Waals surface area (Å²) in [7, 11) is 0. The van der Waals surface area contributed by atoms with E-state index in [0.29, 0.717) is 37.3 Å². The average Bonchev–Trinajstić information content (AvgIpc) is 3.21. The fraction of sp³-hybridized carbons (Fsp3) is 0.333. The summed E-state index contributed by atoms with van der Waals surface area (Å²) in [6.07, 6.45) is 1.26. The molecule has 0 saturated carbocycles. The standard InChI is InChI=1S/C21H23N5O5/c1-2-31-21(30)25-10-8-24(9-11-25)16(27)13-26-19(28)18-17(23-20(26)29)15(12-22-18)14-6-4-3-5-7-14/h3-7,12,22H,2,8-11,13H2,1H3,(H,23,29). The van der Waals surface area contributed by atoms with Crippen LogP contribution in [0.5, 0.6) is 0 Å². The van der Waals surface area contributed by atoms with Crippen molar-refractivity contribution in [3.05, 3.63) is 57.4 Å². The number of benzene rings is 1. The summed E-state index contributed by atoms with van der Waals surface area (Å²) in [6, 6.07) is 9.38. The van der Waals surface area contributed by atoms with Gasteiger partial charge in [-0.15, -0.1) is 0 Å². The summed E-state index contributed by atoms with van der Waals surface area (Å²) in [5.74, 6) is -0.356. The maximum absolute atomic E-state index is 12.9. The minimum absolute atomic E-state index is 0.235. The minimum Gasteiger partial charge on any atom is -0.450 e. The number of H-pyrrole nitrogens is 2. The number of aromatic nitrogens is 3. The lowest BCUT2D eigenvalue weighted by Crippen LogP contribution is -2.52. The molecule has 162 valence electrons. The van der Waals surface area contributed by atoms with E-state index >= 15 is 0 Å². The topological polar surface area (TPSA) is 120 Å². The molecule has 10 heteroatoms.